The van der Waals surface area contributed by atoms with E-state index in [0.717, 1.165) is 17.1 Å². The second-order valence-electron chi connectivity index (χ2n) is 16.5. The van der Waals surface area contributed by atoms with Crippen LogP contribution < -0.4 is 4.90 Å². The van der Waals surface area contributed by atoms with E-state index in [1.54, 1.807) is 0 Å². The molecule has 0 spiro atoms. The predicted molar refractivity (Wildman–Crippen MR) is 255 cm³/mol. The molecule has 0 fully saturated rings. The number of nitrogens with zero attached hydrogens (tertiary/aromatic N) is 1. The minimum absolute atomic E-state index is 0.136. The van der Waals surface area contributed by atoms with Crippen molar-refractivity contribution in [2.24, 2.45) is 0 Å². The van der Waals surface area contributed by atoms with Crippen molar-refractivity contribution in [1.82, 2.24) is 0 Å². The summed E-state index contributed by atoms with van der Waals surface area (Å²) in [6, 6.07) is 74.6. The SMILES string of the molecule is CC1(C)c2ccccc2-c2ccc(N(c3ccc(-c4cc5ccccc5c5ccccc45)cc3)c3ccc4sc5ccccc5c4c3-c3ccc4ccccc4c3)cc21. The third-order valence-corrected chi connectivity index (χ3v) is 14.0. The lowest BCUT2D eigenvalue weighted by molar-refractivity contribution is 0.660. The van der Waals surface area contributed by atoms with E-state index < -0.39 is 0 Å². The third-order valence-electron chi connectivity index (χ3n) is 12.8. The molecule has 2 heteroatoms. The Balaban J connectivity index is 1.12. The number of rotatable bonds is 5. The smallest absolute Gasteiger partial charge is 0.0547 e. The molecule has 0 N–H and O–H groups in total. The van der Waals surface area contributed by atoms with E-state index >= 15 is 0 Å². The van der Waals surface area contributed by atoms with E-state index in [0.29, 0.717) is 0 Å². The molecule has 0 unspecified atom stereocenters. The second kappa shape index (κ2) is 13.0. The highest BCUT2D eigenvalue weighted by atomic mass is 32.1. The monoisotopic (exact) mass is 769 g/mol. The van der Waals surface area contributed by atoms with Crippen molar-refractivity contribution in [1.29, 1.82) is 0 Å². The van der Waals surface area contributed by atoms with Gasteiger partial charge in [0.15, 0.2) is 0 Å². The molecule has 1 aliphatic carbocycles. The summed E-state index contributed by atoms with van der Waals surface area (Å²) in [7, 11) is 0. The number of hydrogen-bond acceptors (Lipinski definition) is 2. The Morgan fingerprint density at radius 1 is 0.390 bits per heavy atom. The minimum Gasteiger partial charge on any atom is -0.310 e. The van der Waals surface area contributed by atoms with Crippen LogP contribution in [0.4, 0.5) is 17.1 Å². The molecule has 11 aromatic rings. The summed E-state index contributed by atoms with van der Waals surface area (Å²) in [5.41, 5.74) is 13.6. The zero-order valence-electron chi connectivity index (χ0n) is 32.9. The Bertz CT molecular complexity index is 3480. The van der Waals surface area contributed by atoms with Gasteiger partial charge in [0, 0.05) is 42.5 Å². The van der Waals surface area contributed by atoms with Crippen LogP contribution in [0, 0.1) is 0 Å². The van der Waals surface area contributed by atoms with Crippen LogP contribution >= 0.6 is 11.3 Å². The van der Waals surface area contributed by atoms with Crippen LogP contribution in [0.1, 0.15) is 25.0 Å². The van der Waals surface area contributed by atoms with E-state index in [1.165, 1.54) is 97.0 Å². The van der Waals surface area contributed by atoms with E-state index in [1.807, 2.05) is 11.3 Å². The molecule has 59 heavy (non-hydrogen) atoms. The first-order chi connectivity index (χ1) is 29.0. The lowest BCUT2D eigenvalue weighted by atomic mass is 9.82. The van der Waals surface area contributed by atoms with Gasteiger partial charge in [-0.25, -0.2) is 0 Å². The highest BCUT2D eigenvalue weighted by molar-refractivity contribution is 7.26. The second-order valence-corrected chi connectivity index (χ2v) is 17.6. The van der Waals surface area contributed by atoms with Crippen molar-refractivity contribution in [3.05, 3.63) is 211 Å². The summed E-state index contributed by atoms with van der Waals surface area (Å²) in [5, 5.41) is 10.2. The highest BCUT2D eigenvalue weighted by Gasteiger charge is 2.36. The van der Waals surface area contributed by atoms with Gasteiger partial charge in [0.1, 0.15) is 0 Å². The van der Waals surface area contributed by atoms with Gasteiger partial charge < -0.3 is 4.90 Å². The van der Waals surface area contributed by atoms with E-state index in [4.69, 9.17) is 0 Å². The van der Waals surface area contributed by atoms with Crippen LogP contribution in [0.15, 0.2) is 200 Å². The zero-order valence-corrected chi connectivity index (χ0v) is 33.7. The van der Waals surface area contributed by atoms with Gasteiger partial charge in [-0.15, -0.1) is 11.3 Å². The van der Waals surface area contributed by atoms with Crippen LogP contribution in [0.3, 0.4) is 0 Å². The van der Waals surface area contributed by atoms with Crippen molar-refractivity contribution in [2.75, 3.05) is 4.90 Å². The van der Waals surface area contributed by atoms with Gasteiger partial charge in [0.2, 0.25) is 0 Å². The summed E-state index contributed by atoms with van der Waals surface area (Å²) < 4.78 is 2.60. The highest BCUT2D eigenvalue weighted by Crippen LogP contribution is 2.53. The summed E-state index contributed by atoms with van der Waals surface area (Å²) in [4.78, 5) is 2.51. The van der Waals surface area contributed by atoms with Crippen molar-refractivity contribution in [3.8, 4) is 33.4 Å². The van der Waals surface area contributed by atoms with Crippen LogP contribution in [-0.4, -0.2) is 0 Å². The molecule has 0 radical (unpaired) electrons. The minimum atomic E-state index is -0.136. The lowest BCUT2D eigenvalue weighted by Crippen LogP contribution is -2.17. The lowest BCUT2D eigenvalue weighted by Gasteiger charge is -2.30. The van der Waals surface area contributed by atoms with Crippen molar-refractivity contribution in [2.45, 2.75) is 19.3 Å². The van der Waals surface area contributed by atoms with Gasteiger partial charge in [-0.05, 0) is 126 Å². The number of fused-ring (bicyclic) bond motifs is 10. The molecule has 1 aliphatic rings. The maximum atomic E-state index is 2.51. The molecule has 10 aromatic carbocycles. The third kappa shape index (κ3) is 5.23. The fourth-order valence-corrected chi connectivity index (χ4v) is 11.1. The molecule has 0 saturated carbocycles. The predicted octanol–water partition coefficient (Wildman–Crippen LogP) is 16.6. The van der Waals surface area contributed by atoms with Crippen molar-refractivity contribution >= 4 is 80.9 Å². The summed E-state index contributed by atoms with van der Waals surface area (Å²) in [6.07, 6.45) is 0. The van der Waals surface area contributed by atoms with Crippen LogP contribution in [0.25, 0.3) is 85.9 Å². The summed E-state index contributed by atoms with van der Waals surface area (Å²) >= 11 is 1.88. The number of benzene rings is 10. The quantitative estimate of drug-likeness (QED) is 0.158. The molecule has 278 valence electrons. The topological polar surface area (TPSA) is 3.24 Å². The van der Waals surface area contributed by atoms with Gasteiger partial charge in [0.25, 0.3) is 0 Å². The Hall–Kier alpha value is -7.00. The van der Waals surface area contributed by atoms with Crippen LogP contribution in [0.2, 0.25) is 0 Å². The Morgan fingerprint density at radius 2 is 1.03 bits per heavy atom. The van der Waals surface area contributed by atoms with E-state index in [9.17, 15) is 0 Å². The molecule has 12 rings (SSSR count). The normalized spacial score (nSPS) is 13.1. The molecule has 1 heterocycles. The van der Waals surface area contributed by atoms with Gasteiger partial charge in [-0.2, -0.15) is 0 Å². The zero-order chi connectivity index (χ0) is 39.2. The van der Waals surface area contributed by atoms with Crippen molar-refractivity contribution < 1.29 is 0 Å². The Labute approximate surface area is 348 Å². The molecular formula is C57H39NS. The molecular weight excluding hydrogens is 731 g/mol. The van der Waals surface area contributed by atoms with Gasteiger partial charge >= 0.3 is 0 Å². The van der Waals surface area contributed by atoms with Gasteiger partial charge in [-0.1, -0.05) is 159 Å². The van der Waals surface area contributed by atoms with Gasteiger partial charge in [-0.3, -0.25) is 0 Å². The Kier molecular flexibility index (Phi) is 7.51. The largest absolute Gasteiger partial charge is 0.310 e. The first-order valence-corrected chi connectivity index (χ1v) is 21.3. The standard InChI is InChI=1S/C57H39NS/c1-57(2)50-21-11-9-19-46(50)47-30-29-42(35-51(47)57)58(41-27-25-37(26-28-41)49-34-39-15-5-6-16-43(39)44-17-7-8-18-45(44)49)52-31-32-54-56(48-20-10-12-22-53(48)59-54)55(52)40-24-23-36-13-3-4-14-38(36)33-40/h3-35H,1-2H3. The molecule has 0 bridgehead atoms. The molecule has 0 saturated heterocycles. The fourth-order valence-electron chi connectivity index (χ4n) is 9.97. The number of anilines is 3. The molecule has 1 aromatic heterocycles. The number of thiophene rings is 1. The van der Waals surface area contributed by atoms with Gasteiger partial charge in [0.05, 0.1) is 5.69 Å². The molecule has 0 atom stereocenters. The molecule has 0 aliphatic heterocycles. The Morgan fingerprint density at radius 3 is 1.88 bits per heavy atom. The summed E-state index contributed by atoms with van der Waals surface area (Å²) in [6.45, 7) is 4.75. The first kappa shape index (κ1) is 34.1. The maximum absolute atomic E-state index is 2.51. The maximum Gasteiger partial charge on any atom is 0.0547 e. The van der Waals surface area contributed by atoms with Crippen LogP contribution in [0.5, 0.6) is 0 Å². The molecule has 0 amide bonds. The fraction of sp³-hybridized carbons (Fsp3) is 0.0526. The number of hydrogen-bond donors (Lipinski definition) is 0. The van der Waals surface area contributed by atoms with E-state index in [-0.39, 0.29) is 5.41 Å². The summed E-state index contributed by atoms with van der Waals surface area (Å²) in [5.74, 6) is 0. The van der Waals surface area contributed by atoms with Crippen molar-refractivity contribution in [3.63, 3.8) is 0 Å². The molecule has 1 nitrogen and oxygen atoms in total. The van der Waals surface area contributed by atoms with Crippen LogP contribution in [-0.2, 0) is 5.41 Å². The van der Waals surface area contributed by atoms with E-state index in [2.05, 4.69) is 219 Å². The first-order valence-electron chi connectivity index (χ1n) is 20.5. The average Bonchev–Trinajstić information content (AvgIpc) is 3.78. The average molecular weight is 770 g/mol.